The van der Waals surface area contributed by atoms with Gasteiger partial charge in [-0.15, -0.1) is 0 Å². The first-order valence-corrected chi connectivity index (χ1v) is 6.79. The number of imidazole rings is 1. The van der Waals surface area contributed by atoms with Crippen molar-refractivity contribution in [3.05, 3.63) is 53.1 Å². The number of rotatable bonds is 2. The lowest BCUT2D eigenvalue weighted by atomic mass is 10.1. The maximum absolute atomic E-state index is 6.04. The van der Waals surface area contributed by atoms with Crippen LogP contribution in [0.25, 0.3) is 22.4 Å². The van der Waals surface area contributed by atoms with Gasteiger partial charge in [0.15, 0.2) is 0 Å². The second kappa shape index (κ2) is 4.71. The van der Waals surface area contributed by atoms with E-state index in [9.17, 15) is 0 Å². The number of halogens is 1. The highest BCUT2D eigenvalue weighted by Gasteiger charge is 2.11. The highest BCUT2D eigenvalue weighted by molar-refractivity contribution is 6.31. The standard InChI is InChI=1S/C16H15ClN2/c1-3-19-15-9-8-13(17)10-14(15)18-16(19)12-6-4-11(2)5-7-12/h4-10H,3H2,1-2H3. The molecule has 0 saturated carbocycles. The summed E-state index contributed by atoms with van der Waals surface area (Å²) < 4.78 is 2.22. The summed E-state index contributed by atoms with van der Waals surface area (Å²) in [5, 5.41) is 0.726. The van der Waals surface area contributed by atoms with E-state index in [0.717, 1.165) is 34.0 Å². The Balaban J connectivity index is 2.25. The summed E-state index contributed by atoms with van der Waals surface area (Å²) in [6.45, 7) is 5.11. The van der Waals surface area contributed by atoms with Crippen molar-refractivity contribution in [2.45, 2.75) is 20.4 Å². The van der Waals surface area contributed by atoms with E-state index in [2.05, 4.69) is 42.7 Å². The number of hydrogen-bond donors (Lipinski definition) is 0. The molecule has 0 aliphatic heterocycles. The first kappa shape index (κ1) is 12.2. The average Bonchev–Trinajstić information content (AvgIpc) is 2.77. The summed E-state index contributed by atoms with van der Waals surface area (Å²) >= 11 is 6.04. The van der Waals surface area contributed by atoms with Crippen LogP contribution in [-0.4, -0.2) is 9.55 Å². The molecule has 0 unspecified atom stereocenters. The summed E-state index contributed by atoms with van der Waals surface area (Å²) in [6, 6.07) is 14.3. The van der Waals surface area contributed by atoms with E-state index in [4.69, 9.17) is 16.6 Å². The van der Waals surface area contributed by atoms with E-state index in [1.807, 2.05) is 18.2 Å². The van der Waals surface area contributed by atoms with Gasteiger partial charge in [0.05, 0.1) is 11.0 Å². The molecule has 2 nitrogen and oxygen atoms in total. The second-order valence-electron chi connectivity index (χ2n) is 4.68. The van der Waals surface area contributed by atoms with Crippen LogP contribution in [0, 0.1) is 6.92 Å². The maximum atomic E-state index is 6.04. The van der Waals surface area contributed by atoms with E-state index in [1.54, 1.807) is 0 Å². The van der Waals surface area contributed by atoms with Gasteiger partial charge in [-0.05, 0) is 32.0 Å². The van der Waals surface area contributed by atoms with E-state index < -0.39 is 0 Å². The van der Waals surface area contributed by atoms with Crippen molar-refractivity contribution in [1.29, 1.82) is 0 Å². The number of nitrogens with zero attached hydrogens (tertiary/aromatic N) is 2. The zero-order valence-corrected chi connectivity index (χ0v) is 11.8. The van der Waals surface area contributed by atoms with Crippen molar-refractivity contribution in [2.75, 3.05) is 0 Å². The zero-order chi connectivity index (χ0) is 13.4. The molecule has 0 atom stereocenters. The van der Waals surface area contributed by atoms with Crippen molar-refractivity contribution in [1.82, 2.24) is 9.55 Å². The first-order valence-electron chi connectivity index (χ1n) is 6.42. The average molecular weight is 271 g/mol. The highest BCUT2D eigenvalue weighted by Crippen LogP contribution is 2.26. The summed E-state index contributed by atoms with van der Waals surface area (Å²) in [6.07, 6.45) is 0. The van der Waals surface area contributed by atoms with Crippen LogP contribution in [0.2, 0.25) is 5.02 Å². The first-order chi connectivity index (χ1) is 9.19. The largest absolute Gasteiger partial charge is 0.324 e. The van der Waals surface area contributed by atoms with Gasteiger partial charge < -0.3 is 4.57 Å². The molecule has 96 valence electrons. The number of hydrogen-bond acceptors (Lipinski definition) is 1. The summed E-state index contributed by atoms with van der Waals surface area (Å²) in [5.41, 5.74) is 4.47. The Bertz CT molecular complexity index is 726. The lowest BCUT2D eigenvalue weighted by Crippen LogP contribution is -1.97. The Morgan fingerprint density at radius 3 is 2.53 bits per heavy atom. The minimum atomic E-state index is 0.726. The third-order valence-electron chi connectivity index (χ3n) is 3.34. The molecule has 0 aliphatic carbocycles. The smallest absolute Gasteiger partial charge is 0.141 e. The Kier molecular flexibility index (Phi) is 3.03. The predicted octanol–water partition coefficient (Wildman–Crippen LogP) is 4.69. The molecule has 1 aromatic heterocycles. The van der Waals surface area contributed by atoms with Gasteiger partial charge in [-0.1, -0.05) is 41.4 Å². The van der Waals surface area contributed by atoms with Crippen LogP contribution in [0.5, 0.6) is 0 Å². The summed E-state index contributed by atoms with van der Waals surface area (Å²) in [7, 11) is 0. The molecule has 3 rings (SSSR count). The third-order valence-corrected chi connectivity index (χ3v) is 3.57. The Labute approximate surface area is 117 Å². The van der Waals surface area contributed by atoms with Crippen LogP contribution in [-0.2, 0) is 6.54 Å². The van der Waals surface area contributed by atoms with E-state index in [1.165, 1.54) is 5.56 Å². The second-order valence-corrected chi connectivity index (χ2v) is 5.12. The van der Waals surface area contributed by atoms with Crippen molar-refractivity contribution in [3.8, 4) is 11.4 Å². The Morgan fingerprint density at radius 2 is 1.84 bits per heavy atom. The lowest BCUT2D eigenvalue weighted by Gasteiger charge is -2.06. The minimum Gasteiger partial charge on any atom is -0.324 e. The zero-order valence-electron chi connectivity index (χ0n) is 11.0. The van der Waals surface area contributed by atoms with Gasteiger partial charge in [0.25, 0.3) is 0 Å². The molecule has 1 heterocycles. The molecule has 3 heteroatoms. The van der Waals surface area contributed by atoms with Crippen LogP contribution in [0.3, 0.4) is 0 Å². The Hall–Kier alpha value is -1.80. The molecule has 0 bridgehead atoms. The van der Waals surface area contributed by atoms with Gasteiger partial charge in [-0.25, -0.2) is 4.98 Å². The van der Waals surface area contributed by atoms with Crippen molar-refractivity contribution >= 4 is 22.6 Å². The third kappa shape index (κ3) is 2.13. The van der Waals surface area contributed by atoms with Gasteiger partial charge in [-0.3, -0.25) is 0 Å². The molecular weight excluding hydrogens is 256 g/mol. The van der Waals surface area contributed by atoms with Crippen LogP contribution >= 0.6 is 11.6 Å². The fourth-order valence-electron chi connectivity index (χ4n) is 2.35. The molecule has 0 N–H and O–H groups in total. The molecule has 0 radical (unpaired) electrons. The van der Waals surface area contributed by atoms with Gasteiger partial charge in [0.1, 0.15) is 5.82 Å². The van der Waals surface area contributed by atoms with Gasteiger partial charge in [0.2, 0.25) is 0 Å². The lowest BCUT2D eigenvalue weighted by molar-refractivity contribution is 0.796. The molecule has 2 aromatic carbocycles. The van der Waals surface area contributed by atoms with Crippen molar-refractivity contribution < 1.29 is 0 Å². The van der Waals surface area contributed by atoms with Crippen LogP contribution in [0.4, 0.5) is 0 Å². The monoisotopic (exact) mass is 270 g/mol. The molecule has 0 saturated heterocycles. The quantitative estimate of drug-likeness (QED) is 0.661. The van der Waals surface area contributed by atoms with Crippen LogP contribution in [0.15, 0.2) is 42.5 Å². The van der Waals surface area contributed by atoms with Crippen molar-refractivity contribution in [2.24, 2.45) is 0 Å². The highest BCUT2D eigenvalue weighted by atomic mass is 35.5. The molecule has 0 spiro atoms. The van der Waals surface area contributed by atoms with Gasteiger partial charge in [-0.2, -0.15) is 0 Å². The molecule has 19 heavy (non-hydrogen) atoms. The predicted molar refractivity (Wildman–Crippen MR) is 80.6 cm³/mol. The maximum Gasteiger partial charge on any atom is 0.141 e. The topological polar surface area (TPSA) is 17.8 Å². The molecule has 3 aromatic rings. The number of fused-ring (bicyclic) bond motifs is 1. The number of aryl methyl sites for hydroxylation is 2. The summed E-state index contributed by atoms with van der Waals surface area (Å²) in [5.74, 6) is 1.000. The van der Waals surface area contributed by atoms with Gasteiger partial charge >= 0.3 is 0 Å². The molecule has 0 amide bonds. The fourth-order valence-corrected chi connectivity index (χ4v) is 2.51. The number of benzene rings is 2. The molecule has 0 aliphatic rings. The molecule has 0 fully saturated rings. The van der Waals surface area contributed by atoms with E-state index >= 15 is 0 Å². The summed E-state index contributed by atoms with van der Waals surface area (Å²) in [4.78, 5) is 4.72. The Morgan fingerprint density at radius 1 is 1.11 bits per heavy atom. The normalized spacial score (nSPS) is 11.1. The van der Waals surface area contributed by atoms with Gasteiger partial charge in [0, 0.05) is 17.1 Å². The van der Waals surface area contributed by atoms with Crippen molar-refractivity contribution in [3.63, 3.8) is 0 Å². The minimum absolute atomic E-state index is 0.726. The van der Waals surface area contributed by atoms with Crippen LogP contribution < -0.4 is 0 Å². The SMILES string of the molecule is CCn1c(-c2ccc(C)cc2)nc2cc(Cl)ccc21. The fraction of sp³-hybridized carbons (Fsp3) is 0.188. The van der Waals surface area contributed by atoms with E-state index in [-0.39, 0.29) is 0 Å². The number of aromatic nitrogens is 2. The molecular formula is C16H15ClN2. The van der Waals surface area contributed by atoms with Crippen LogP contribution in [0.1, 0.15) is 12.5 Å². The van der Waals surface area contributed by atoms with E-state index in [0.29, 0.717) is 0 Å².